The number of hydrogen-bond donors (Lipinski definition) is 1. The molecular weight excluding hydrogens is 276 g/mol. The Labute approximate surface area is 124 Å². The van der Waals surface area contributed by atoms with E-state index < -0.39 is 0 Å². The van der Waals surface area contributed by atoms with E-state index in [0.29, 0.717) is 11.4 Å². The highest BCUT2D eigenvalue weighted by molar-refractivity contribution is 7.98. The highest BCUT2D eigenvalue weighted by Crippen LogP contribution is 2.36. The Morgan fingerprint density at radius 2 is 2.15 bits per heavy atom. The number of nitrogens with one attached hydrogen (secondary N) is 1. The minimum absolute atomic E-state index is 0.0146. The van der Waals surface area contributed by atoms with Crippen molar-refractivity contribution in [1.29, 1.82) is 0 Å². The fourth-order valence-electron chi connectivity index (χ4n) is 1.86. The first-order valence-corrected chi connectivity index (χ1v) is 8.08. The number of para-hydroxylation sites is 1. The molecule has 1 N–H and O–H groups in total. The molecule has 0 radical (unpaired) electrons. The lowest BCUT2D eigenvalue weighted by molar-refractivity contribution is -0.385. The second kappa shape index (κ2) is 7.99. The van der Waals surface area contributed by atoms with Crippen molar-refractivity contribution in [1.82, 2.24) is 0 Å². The Morgan fingerprint density at radius 1 is 1.45 bits per heavy atom. The van der Waals surface area contributed by atoms with Gasteiger partial charge in [0.2, 0.25) is 0 Å². The van der Waals surface area contributed by atoms with Crippen LogP contribution in [0, 0.1) is 10.1 Å². The maximum atomic E-state index is 11.3. The molecule has 0 aliphatic rings. The first-order chi connectivity index (χ1) is 9.49. The summed E-state index contributed by atoms with van der Waals surface area (Å²) >= 11 is 1.72. The van der Waals surface area contributed by atoms with Gasteiger partial charge in [0.15, 0.2) is 5.75 Å². The van der Waals surface area contributed by atoms with Crippen molar-refractivity contribution in [2.24, 2.45) is 0 Å². The number of rotatable bonds is 8. The second-order valence-corrected chi connectivity index (χ2v) is 5.69. The predicted octanol–water partition coefficient (Wildman–Crippen LogP) is 3.94. The van der Waals surface area contributed by atoms with Crippen molar-refractivity contribution in [3.8, 4) is 5.75 Å². The fourth-order valence-corrected chi connectivity index (χ4v) is 2.58. The molecule has 0 aromatic heterocycles. The molecule has 0 fully saturated rings. The van der Waals surface area contributed by atoms with Crippen LogP contribution in [0.2, 0.25) is 0 Å². The molecule has 1 unspecified atom stereocenters. The van der Waals surface area contributed by atoms with Crippen molar-refractivity contribution in [2.45, 2.75) is 39.3 Å². The van der Waals surface area contributed by atoms with Gasteiger partial charge in [0, 0.05) is 11.8 Å². The van der Waals surface area contributed by atoms with Crippen molar-refractivity contribution in [3.63, 3.8) is 0 Å². The Balaban J connectivity index is 3.08. The highest BCUT2D eigenvalue weighted by atomic mass is 32.2. The van der Waals surface area contributed by atoms with Gasteiger partial charge in [-0.15, -0.1) is 0 Å². The third kappa shape index (κ3) is 4.59. The van der Waals surface area contributed by atoms with E-state index in [0.717, 1.165) is 12.2 Å². The normalized spacial score (nSPS) is 12.2. The summed E-state index contributed by atoms with van der Waals surface area (Å²) in [6.07, 6.45) is 2.83. The fraction of sp³-hybridized carbons (Fsp3) is 0.571. The highest BCUT2D eigenvalue weighted by Gasteiger charge is 2.23. The zero-order chi connectivity index (χ0) is 15.1. The molecule has 0 saturated carbocycles. The third-order valence-electron chi connectivity index (χ3n) is 2.76. The molecule has 1 atom stereocenters. The average molecular weight is 298 g/mol. The van der Waals surface area contributed by atoms with E-state index in [9.17, 15) is 10.1 Å². The molecule has 1 aromatic carbocycles. The minimum Gasteiger partial charge on any atom is -0.484 e. The molecule has 0 aliphatic carbocycles. The van der Waals surface area contributed by atoms with Gasteiger partial charge in [-0.25, -0.2) is 0 Å². The molecule has 0 aliphatic heterocycles. The summed E-state index contributed by atoms with van der Waals surface area (Å²) < 4.78 is 5.54. The molecular formula is C14H22N2O3S. The SMILES string of the molecule is CCC(CSC)Nc1cccc(OC(C)C)c1[N+](=O)[O-]. The molecule has 1 aromatic rings. The largest absolute Gasteiger partial charge is 0.484 e. The van der Waals surface area contributed by atoms with Gasteiger partial charge >= 0.3 is 5.69 Å². The molecule has 112 valence electrons. The van der Waals surface area contributed by atoms with E-state index in [-0.39, 0.29) is 22.8 Å². The number of anilines is 1. The van der Waals surface area contributed by atoms with E-state index in [1.165, 1.54) is 0 Å². The van der Waals surface area contributed by atoms with Crippen molar-refractivity contribution >= 4 is 23.1 Å². The number of thioether (sulfide) groups is 1. The van der Waals surface area contributed by atoms with E-state index in [1.54, 1.807) is 30.0 Å². The van der Waals surface area contributed by atoms with Crippen LogP contribution in [0.25, 0.3) is 0 Å². The predicted molar refractivity (Wildman–Crippen MR) is 84.9 cm³/mol. The molecule has 0 spiro atoms. The molecule has 6 heteroatoms. The Morgan fingerprint density at radius 3 is 2.65 bits per heavy atom. The van der Waals surface area contributed by atoms with Gasteiger partial charge in [0.25, 0.3) is 0 Å². The summed E-state index contributed by atoms with van der Waals surface area (Å²) in [5, 5.41) is 14.6. The van der Waals surface area contributed by atoms with Crippen LogP contribution in [0.3, 0.4) is 0 Å². The summed E-state index contributed by atoms with van der Waals surface area (Å²) in [5.41, 5.74) is 0.537. The van der Waals surface area contributed by atoms with Crippen LogP contribution in [-0.2, 0) is 0 Å². The first kappa shape index (κ1) is 16.6. The summed E-state index contributed by atoms with van der Waals surface area (Å²) in [7, 11) is 0. The van der Waals surface area contributed by atoms with E-state index >= 15 is 0 Å². The Hall–Kier alpha value is -1.43. The van der Waals surface area contributed by atoms with Crippen molar-refractivity contribution in [2.75, 3.05) is 17.3 Å². The summed E-state index contributed by atoms with van der Waals surface area (Å²) in [6.45, 7) is 5.77. The van der Waals surface area contributed by atoms with Crippen molar-refractivity contribution in [3.05, 3.63) is 28.3 Å². The van der Waals surface area contributed by atoms with Crippen LogP contribution in [0.15, 0.2) is 18.2 Å². The van der Waals surface area contributed by atoms with E-state index in [2.05, 4.69) is 12.2 Å². The zero-order valence-electron chi connectivity index (χ0n) is 12.4. The van der Waals surface area contributed by atoms with Gasteiger partial charge < -0.3 is 10.1 Å². The summed E-state index contributed by atoms with van der Waals surface area (Å²) in [4.78, 5) is 10.9. The quantitative estimate of drug-likeness (QED) is 0.582. The molecule has 0 heterocycles. The van der Waals surface area contributed by atoms with Crippen LogP contribution in [0.1, 0.15) is 27.2 Å². The number of nitro groups is 1. The van der Waals surface area contributed by atoms with Crippen LogP contribution in [-0.4, -0.2) is 29.1 Å². The molecule has 5 nitrogen and oxygen atoms in total. The lowest BCUT2D eigenvalue weighted by Gasteiger charge is -2.18. The van der Waals surface area contributed by atoms with Gasteiger partial charge in [-0.05, 0) is 38.7 Å². The summed E-state index contributed by atoms with van der Waals surface area (Å²) in [5.74, 6) is 1.22. The number of nitrogens with zero attached hydrogens (tertiary/aromatic N) is 1. The standard InChI is InChI=1S/C14H22N2O3S/c1-5-11(9-20-4)15-12-7-6-8-13(19-10(2)3)14(12)16(17)18/h6-8,10-11,15H,5,9H2,1-4H3. The number of ether oxygens (including phenoxy) is 1. The number of benzene rings is 1. The molecule has 0 amide bonds. The van der Waals surface area contributed by atoms with Crippen LogP contribution < -0.4 is 10.1 Å². The van der Waals surface area contributed by atoms with Gasteiger partial charge in [0.1, 0.15) is 5.69 Å². The molecule has 20 heavy (non-hydrogen) atoms. The van der Waals surface area contributed by atoms with Gasteiger partial charge in [0.05, 0.1) is 11.0 Å². The number of hydrogen-bond acceptors (Lipinski definition) is 5. The number of nitro benzene ring substituents is 1. The van der Waals surface area contributed by atoms with Crippen LogP contribution >= 0.6 is 11.8 Å². The van der Waals surface area contributed by atoms with Crippen LogP contribution in [0.4, 0.5) is 11.4 Å². The monoisotopic (exact) mass is 298 g/mol. The third-order valence-corrected chi connectivity index (χ3v) is 3.50. The Bertz CT molecular complexity index is 452. The maximum absolute atomic E-state index is 11.3. The van der Waals surface area contributed by atoms with Crippen molar-refractivity contribution < 1.29 is 9.66 Å². The van der Waals surface area contributed by atoms with Gasteiger partial charge in [-0.1, -0.05) is 13.0 Å². The molecule has 1 rings (SSSR count). The van der Waals surface area contributed by atoms with Gasteiger partial charge in [-0.2, -0.15) is 11.8 Å². The first-order valence-electron chi connectivity index (χ1n) is 6.69. The van der Waals surface area contributed by atoms with Gasteiger partial charge in [-0.3, -0.25) is 10.1 Å². The lowest BCUT2D eigenvalue weighted by atomic mass is 10.2. The smallest absolute Gasteiger partial charge is 0.333 e. The molecule has 0 bridgehead atoms. The maximum Gasteiger partial charge on any atom is 0.333 e. The average Bonchev–Trinajstić information content (AvgIpc) is 2.37. The van der Waals surface area contributed by atoms with E-state index in [1.807, 2.05) is 20.1 Å². The second-order valence-electron chi connectivity index (χ2n) is 4.78. The summed E-state index contributed by atoms with van der Waals surface area (Å²) in [6, 6.07) is 5.35. The zero-order valence-corrected chi connectivity index (χ0v) is 13.2. The lowest BCUT2D eigenvalue weighted by Crippen LogP contribution is -2.22. The minimum atomic E-state index is -0.383. The topological polar surface area (TPSA) is 64.4 Å². The van der Waals surface area contributed by atoms with Crippen LogP contribution in [0.5, 0.6) is 5.75 Å². The Kier molecular flexibility index (Phi) is 6.64. The molecule has 0 saturated heterocycles. The van der Waals surface area contributed by atoms with E-state index in [4.69, 9.17) is 4.74 Å².